The number of nitrogens with two attached hydrogens (primary N) is 1. The smallest absolute Gasteiger partial charge is 0.384 e. The van der Waals surface area contributed by atoms with Gasteiger partial charge in [0.25, 0.3) is 0 Å². The summed E-state index contributed by atoms with van der Waals surface area (Å²) < 4.78 is 51.1. The van der Waals surface area contributed by atoms with E-state index in [1.807, 2.05) is 0 Å². The molecule has 3 N–H and O–H groups in total. The third-order valence-electron chi connectivity index (χ3n) is 2.26. The summed E-state index contributed by atoms with van der Waals surface area (Å²) in [4.78, 5) is 0. The van der Waals surface area contributed by atoms with Gasteiger partial charge in [-0.15, -0.1) is 0 Å². The number of aromatic amines is 1. The zero-order valence-electron chi connectivity index (χ0n) is 8.35. The summed E-state index contributed by atoms with van der Waals surface area (Å²) in [5, 5.41) is 5.87. The molecule has 0 amide bonds. The number of nitrogens with one attached hydrogen (secondary N) is 1. The van der Waals surface area contributed by atoms with E-state index in [0.717, 1.165) is 6.07 Å². The van der Waals surface area contributed by atoms with Gasteiger partial charge >= 0.3 is 6.18 Å². The predicted octanol–water partition coefficient (Wildman–Crippen LogP) is 2.82. The molecule has 7 heteroatoms. The van der Waals surface area contributed by atoms with Gasteiger partial charge in [0.15, 0.2) is 0 Å². The van der Waals surface area contributed by atoms with Gasteiger partial charge in [0.1, 0.15) is 11.6 Å². The Kier molecular flexibility index (Phi) is 2.53. The van der Waals surface area contributed by atoms with Crippen LogP contribution in [0.15, 0.2) is 24.4 Å². The van der Waals surface area contributed by atoms with Crippen molar-refractivity contribution in [2.45, 2.75) is 6.18 Å². The topological polar surface area (TPSA) is 54.7 Å². The van der Waals surface area contributed by atoms with Crippen molar-refractivity contribution in [2.24, 2.45) is 0 Å². The van der Waals surface area contributed by atoms with Gasteiger partial charge in [0.05, 0.1) is 11.8 Å². The third-order valence-corrected chi connectivity index (χ3v) is 2.26. The average molecular weight is 245 g/mol. The van der Waals surface area contributed by atoms with Crippen molar-refractivity contribution in [2.75, 3.05) is 5.73 Å². The Morgan fingerprint density at radius 2 is 1.88 bits per heavy atom. The van der Waals surface area contributed by atoms with Gasteiger partial charge in [0, 0.05) is 11.1 Å². The van der Waals surface area contributed by atoms with Gasteiger partial charge in [0.2, 0.25) is 0 Å². The maximum atomic E-state index is 13.7. The van der Waals surface area contributed by atoms with Crippen LogP contribution in [0.25, 0.3) is 11.1 Å². The lowest BCUT2D eigenvalue weighted by atomic mass is 10.0. The second-order valence-electron chi connectivity index (χ2n) is 3.36. The Morgan fingerprint density at radius 1 is 1.18 bits per heavy atom. The summed E-state index contributed by atoms with van der Waals surface area (Å²) in [6.45, 7) is 0. The second kappa shape index (κ2) is 3.76. The number of alkyl halides is 3. The standard InChI is InChI=1S/C10H7F4N3/c11-8-5(6-4-16-17-9(6)15)2-1-3-7(8)10(12,13)14/h1-4H,(H3,15,16,17). The Balaban J connectivity index is 2.62. The van der Waals surface area contributed by atoms with Crippen LogP contribution in [0, 0.1) is 5.82 Å². The van der Waals surface area contributed by atoms with E-state index in [-0.39, 0.29) is 16.9 Å². The molecule has 1 aromatic carbocycles. The molecule has 1 aromatic heterocycles. The molecule has 0 saturated carbocycles. The van der Waals surface area contributed by atoms with Crippen LogP contribution in [-0.4, -0.2) is 10.2 Å². The number of nitrogens with zero attached hydrogens (tertiary/aromatic N) is 1. The van der Waals surface area contributed by atoms with Gasteiger partial charge in [-0.25, -0.2) is 4.39 Å². The van der Waals surface area contributed by atoms with E-state index in [4.69, 9.17) is 5.73 Å². The minimum Gasteiger partial charge on any atom is -0.384 e. The summed E-state index contributed by atoms with van der Waals surface area (Å²) >= 11 is 0. The molecule has 0 spiro atoms. The number of benzene rings is 1. The molecule has 3 nitrogen and oxygen atoms in total. The van der Waals surface area contributed by atoms with E-state index in [1.54, 1.807) is 0 Å². The summed E-state index contributed by atoms with van der Waals surface area (Å²) in [6, 6.07) is 3.01. The van der Waals surface area contributed by atoms with Gasteiger partial charge in [-0.05, 0) is 6.07 Å². The Morgan fingerprint density at radius 3 is 2.41 bits per heavy atom. The summed E-state index contributed by atoms with van der Waals surface area (Å²) in [7, 11) is 0. The van der Waals surface area contributed by atoms with Crippen LogP contribution in [0.1, 0.15) is 5.56 Å². The fourth-order valence-corrected chi connectivity index (χ4v) is 1.47. The second-order valence-corrected chi connectivity index (χ2v) is 3.36. The Labute approximate surface area is 93.3 Å². The SMILES string of the molecule is Nc1[nH]ncc1-c1cccc(C(F)(F)F)c1F. The van der Waals surface area contributed by atoms with Crippen LogP contribution >= 0.6 is 0 Å². The molecule has 90 valence electrons. The fourth-order valence-electron chi connectivity index (χ4n) is 1.47. The maximum absolute atomic E-state index is 13.7. The average Bonchev–Trinajstić information content (AvgIpc) is 2.63. The third kappa shape index (κ3) is 1.95. The maximum Gasteiger partial charge on any atom is 0.419 e. The normalized spacial score (nSPS) is 11.8. The molecule has 17 heavy (non-hydrogen) atoms. The van der Waals surface area contributed by atoms with Gasteiger partial charge in [-0.3, -0.25) is 5.10 Å². The molecule has 0 aliphatic heterocycles. The fraction of sp³-hybridized carbons (Fsp3) is 0.100. The first-order valence-corrected chi connectivity index (χ1v) is 4.56. The van der Waals surface area contributed by atoms with Crippen LogP contribution in [-0.2, 0) is 6.18 Å². The molecule has 0 unspecified atom stereocenters. The van der Waals surface area contributed by atoms with Gasteiger partial charge in [-0.2, -0.15) is 18.3 Å². The molecule has 0 radical (unpaired) electrons. The molecular weight excluding hydrogens is 238 g/mol. The quantitative estimate of drug-likeness (QED) is 0.759. The number of halogens is 4. The van der Waals surface area contributed by atoms with Crippen LogP contribution in [0.2, 0.25) is 0 Å². The number of hydrogen-bond donors (Lipinski definition) is 2. The zero-order valence-corrected chi connectivity index (χ0v) is 8.35. The summed E-state index contributed by atoms with van der Waals surface area (Å²) in [6.07, 6.45) is -3.56. The highest BCUT2D eigenvalue weighted by molar-refractivity contribution is 5.74. The van der Waals surface area contributed by atoms with Crippen LogP contribution in [0.5, 0.6) is 0 Å². The van der Waals surface area contributed by atoms with Crippen molar-refractivity contribution in [3.05, 3.63) is 35.8 Å². The monoisotopic (exact) mass is 245 g/mol. The van der Waals surface area contributed by atoms with E-state index >= 15 is 0 Å². The molecule has 1 heterocycles. The highest BCUT2D eigenvalue weighted by atomic mass is 19.4. The molecule has 0 atom stereocenters. The molecule has 2 aromatic rings. The lowest BCUT2D eigenvalue weighted by molar-refractivity contribution is -0.139. The predicted molar refractivity (Wildman–Crippen MR) is 53.4 cm³/mol. The lowest BCUT2D eigenvalue weighted by Gasteiger charge is -2.10. The molecule has 0 aliphatic carbocycles. The van der Waals surface area contributed by atoms with E-state index in [1.165, 1.54) is 12.3 Å². The van der Waals surface area contributed by atoms with Crippen LogP contribution < -0.4 is 5.73 Å². The molecule has 0 saturated heterocycles. The number of nitrogen functional groups attached to an aromatic ring is 1. The minimum absolute atomic E-state index is 0.0169. The zero-order chi connectivity index (χ0) is 12.6. The summed E-state index contributed by atoms with van der Waals surface area (Å²) in [5.74, 6) is -1.34. The minimum atomic E-state index is -4.74. The van der Waals surface area contributed by atoms with Crippen molar-refractivity contribution in [1.82, 2.24) is 10.2 Å². The van der Waals surface area contributed by atoms with E-state index in [9.17, 15) is 17.6 Å². The number of anilines is 1. The Bertz CT molecular complexity index is 545. The van der Waals surface area contributed by atoms with Crippen molar-refractivity contribution in [3.63, 3.8) is 0 Å². The lowest BCUT2D eigenvalue weighted by Crippen LogP contribution is -2.08. The van der Waals surface area contributed by atoms with Crippen LogP contribution in [0.3, 0.4) is 0 Å². The molecule has 0 aliphatic rings. The van der Waals surface area contributed by atoms with Gasteiger partial charge < -0.3 is 5.73 Å². The van der Waals surface area contributed by atoms with Gasteiger partial charge in [-0.1, -0.05) is 12.1 Å². The van der Waals surface area contributed by atoms with Crippen molar-refractivity contribution >= 4 is 5.82 Å². The highest BCUT2D eigenvalue weighted by Crippen LogP contribution is 2.36. The molecular formula is C10H7F4N3. The first kappa shape index (κ1) is 11.4. The molecule has 0 bridgehead atoms. The van der Waals surface area contributed by atoms with E-state index in [0.29, 0.717) is 6.07 Å². The Hall–Kier alpha value is -2.05. The van der Waals surface area contributed by atoms with E-state index in [2.05, 4.69) is 10.2 Å². The van der Waals surface area contributed by atoms with Crippen molar-refractivity contribution in [3.8, 4) is 11.1 Å². The van der Waals surface area contributed by atoms with E-state index < -0.39 is 17.6 Å². The highest BCUT2D eigenvalue weighted by Gasteiger charge is 2.35. The number of hydrogen-bond acceptors (Lipinski definition) is 2. The first-order chi connectivity index (χ1) is 7.91. The summed E-state index contributed by atoms with van der Waals surface area (Å²) in [5.41, 5.74) is 3.99. The van der Waals surface area contributed by atoms with Crippen molar-refractivity contribution < 1.29 is 17.6 Å². The first-order valence-electron chi connectivity index (χ1n) is 4.56. The van der Waals surface area contributed by atoms with Crippen molar-refractivity contribution in [1.29, 1.82) is 0 Å². The number of aromatic nitrogens is 2. The molecule has 0 fully saturated rings. The molecule has 2 rings (SSSR count). The number of rotatable bonds is 1. The number of H-pyrrole nitrogens is 1. The van der Waals surface area contributed by atoms with Crippen LogP contribution in [0.4, 0.5) is 23.4 Å². The largest absolute Gasteiger partial charge is 0.419 e.